The first-order chi connectivity index (χ1) is 26.1. The highest BCUT2D eigenvalue weighted by atomic mass is 16.6. The summed E-state index contributed by atoms with van der Waals surface area (Å²) in [7, 11) is 0. The minimum atomic E-state index is -1.04. The maximum atomic E-state index is 12.2. The number of carboxylic acid groups (broad SMARTS) is 2. The molecule has 2 unspecified atom stereocenters. The monoisotopic (exact) mass is 758 g/mol. The first kappa shape index (κ1) is 47.6. The lowest BCUT2D eigenvalue weighted by Gasteiger charge is -2.25. The largest absolute Gasteiger partial charge is 0.481 e. The van der Waals surface area contributed by atoms with Gasteiger partial charge in [-0.2, -0.15) is 0 Å². The van der Waals surface area contributed by atoms with Crippen molar-refractivity contribution in [3.05, 3.63) is 73.4 Å². The van der Waals surface area contributed by atoms with Crippen molar-refractivity contribution >= 4 is 35.3 Å². The number of hydrogen-bond acceptors (Lipinski definition) is 11. The predicted octanol–water partition coefficient (Wildman–Crippen LogP) is 6.31. The number of carboxylic acids is 2. The number of benzene rings is 1. The van der Waals surface area contributed by atoms with E-state index in [0.717, 1.165) is 49.8 Å². The molecule has 0 aliphatic heterocycles. The fourth-order valence-corrected chi connectivity index (χ4v) is 5.01. The summed E-state index contributed by atoms with van der Waals surface area (Å²) in [5.41, 5.74) is 8.58. The molecule has 54 heavy (non-hydrogen) atoms. The lowest BCUT2D eigenvalue weighted by Crippen LogP contribution is -2.31. The zero-order valence-corrected chi connectivity index (χ0v) is 32.0. The highest BCUT2D eigenvalue weighted by Gasteiger charge is 2.22. The smallest absolute Gasteiger partial charge is 0.307 e. The standard InChI is InChI=1S/C41H62N2O11/c1-4-6-8-10-12-14-16-34(40(46)47)31-38(44)53-28-26-51-23-21-43(36-18-19-37(42)33(3)30-36)20-22-50-24-25-52-27-29-54-39(45)32-35(41(48)49)17-15-13-11-9-7-5-2/h4-5,12-15,18-19,30,34-35H,1-2,6-11,16-17,20-29,31-32,42H2,3H3,(H,46,47)(H,48,49)/b14-12+,15-13+. The van der Waals surface area contributed by atoms with Crippen LogP contribution in [0, 0.1) is 18.8 Å². The zero-order chi connectivity index (χ0) is 39.8. The normalized spacial score (nSPS) is 12.4. The quantitative estimate of drug-likeness (QED) is 0.0308. The van der Waals surface area contributed by atoms with Gasteiger partial charge < -0.3 is 44.5 Å². The maximum absolute atomic E-state index is 12.2. The second-order valence-corrected chi connectivity index (χ2v) is 12.6. The van der Waals surface area contributed by atoms with Crippen molar-refractivity contribution in [2.24, 2.45) is 11.8 Å². The maximum Gasteiger partial charge on any atom is 0.307 e. The van der Waals surface area contributed by atoms with Gasteiger partial charge in [-0.05, 0) is 82.1 Å². The number of aryl methyl sites for hydroxylation is 1. The molecular weight excluding hydrogens is 696 g/mol. The van der Waals surface area contributed by atoms with Crippen LogP contribution in [0.3, 0.4) is 0 Å². The van der Waals surface area contributed by atoms with E-state index in [0.29, 0.717) is 38.6 Å². The third-order valence-corrected chi connectivity index (χ3v) is 8.24. The number of esters is 2. The zero-order valence-electron chi connectivity index (χ0n) is 32.0. The summed E-state index contributed by atoms with van der Waals surface area (Å²) in [6, 6.07) is 5.75. The van der Waals surface area contributed by atoms with Gasteiger partial charge in [0.2, 0.25) is 0 Å². The van der Waals surface area contributed by atoms with Crippen LogP contribution in [0.25, 0.3) is 0 Å². The van der Waals surface area contributed by atoms with E-state index in [1.165, 1.54) is 0 Å². The number of nitrogens with two attached hydrogens (primary N) is 1. The van der Waals surface area contributed by atoms with Gasteiger partial charge in [-0.1, -0.05) is 36.5 Å². The number of rotatable bonds is 34. The van der Waals surface area contributed by atoms with Crippen LogP contribution in [0.15, 0.2) is 67.8 Å². The summed E-state index contributed by atoms with van der Waals surface area (Å²) in [5.74, 6) is -4.91. The number of carbonyl (C=O) groups is 4. The number of aliphatic carboxylic acids is 2. The Bertz CT molecular complexity index is 1310. The van der Waals surface area contributed by atoms with Crippen LogP contribution in [0.1, 0.15) is 69.8 Å². The van der Waals surface area contributed by atoms with Crippen molar-refractivity contribution in [2.75, 3.05) is 76.6 Å². The Balaban J connectivity index is 2.35. The van der Waals surface area contributed by atoms with Crippen LogP contribution in [0.5, 0.6) is 0 Å². The molecule has 0 bridgehead atoms. The van der Waals surface area contributed by atoms with Gasteiger partial charge in [0.1, 0.15) is 13.2 Å². The summed E-state index contributed by atoms with van der Waals surface area (Å²) in [6.45, 7) is 12.1. The molecule has 0 aliphatic rings. The summed E-state index contributed by atoms with van der Waals surface area (Å²) >= 11 is 0. The lowest BCUT2D eigenvalue weighted by molar-refractivity contribution is -0.152. The van der Waals surface area contributed by atoms with E-state index < -0.39 is 35.7 Å². The van der Waals surface area contributed by atoms with Crippen LogP contribution in [-0.2, 0) is 42.9 Å². The topological polar surface area (TPSA) is 184 Å². The second-order valence-electron chi connectivity index (χ2n) is 12.6. The Labute approximate surface area is 320 Å². The fourth-order valence-electron chi connectivity index (χ4n) is 5.01. The van der Waals surface area contributed by atoms with Gasteiger partial charge in [0.15, 0.2) is 0 Å². The van der Waals surface area contributed by atoms with Crippen LogP contribution < -0.4 is 10.6 Å². The molecule has 1 aromatic rings. The SMILES string of the molecule is C=CCCC/C=C/CC(CC(=O)OCCOCCOCCN(CCOCCOC(=O)CC(C/C=C/CCCC=C)C(=O)O)c1ccc(N)c(C)c1)C(=O)O. The molecule has 0 aromatic heterocycles. The molecule has 0 saturated carbocycles. The second kappa shape index (κ2) is 30.9. The summed E-state index contributed by atoms with van der Waals surface area (Å²) in [5, 5.41) is 18.9. The third-order valence-electron chi connectivity index (χ3n) is 8.24. The molecule has 1 rings (SSSR count). The molecule has 0 fully saturated rings. The minimum Gasteiger partial charge on any atom is -0.481 e. The Hall–Kier alpha value is -4.46. The third kappa shape index (κ3) is 24.0. The molecule has 13 nitrogen and oxygen atoms in total. The van der Waals surface area contributed by atoms with Gasteiger partial charge in [0.25, 0.3) is 0 Å². The van der Waals surface area contributed by atoms with Crippen molar-refractivity contribution in [3.63, 3.8) is 0 Å². The van der Waals surface area contributed by atoms with Gasteiger partial charge in [0.05, 0.1) is 64.3 Å². The minimum absolute atomic E-state index is 0.0171. The van der Waals surface area contributed by atoms with Gasteiger partial charge in [-0.15, -0.1) is 13.2 Å². The van der Waals surface area contributed by atoms with Crippen LogP contribution in [0.2, 0.25) is 0 Å². The molecule has 0 saturated heterocycles. The molecule has 0 aliphatic carbocycles. The number of unbranched alkanes of at least 4 members (excludes halogenated alkanes) is 4. The number of allylic oxidation sites excluding steroid dienone is 6. The van der Waals surface area contributed by atoms with Gasteiger partial charge >= 0.3 is 23.9 Å². The fraction of sp³-hybridized carbons (Fsp3) is 0.561. The van der Waals surface area contributed by atoms with E-state index >= 15 is 0 Å². The molecule has 302 valence electrons. The Morgan fingerprint density at radius 1 is 0.685 bits per heavy atom. The first-order valence-corrected chi connectivity index (χ1v) is 18.7. The number of carbonyl (C=O) groups excluding carboxylic acids is 2. The molecule has 0 amide bonds. The molecule has 1 aromatic carbocycles. The van der Waals surface area contributed by atoms with Crippen LogP contribution >= 0.6 is 0 Å². The highest BCUT2D eigenvalue weighted by molar-refractivity contribution is 5.79. The molecule has 0 spiro atoms. The average Bonchev–Trinajstić information content (AvgIpc) is 3.14. The van der Waals surface area contributed by atoms with Gasteiger partial charge in [0, 0.05) is 24.5 Å². The molecule has 0 heterocycles. The van der Waals surface area contributed by atoms with Crippen molar-refractivity contribution in [3.8, 4) is 0 Å². The lowest BCUT2D eigenvalue weighted by atomic mass is 10.0. The molecule has 0 radical (unpaired) electrons. The molecular formula is C41H62N2O11. The van der Waals surface area contributed by atoms with E-state index in [1.807, 2.05) is 49.4 Å². The number of nitrogen functional groups attached to an aromatic ring is 1. The van der Waals surface area contributed by atoms with Crippen molar-refractivity contribution < 1.29 is 53.1 Å². The van der Waals surface area contributed by atoms with Crippen molar-refractivity contribution in [1.82, 2.24) is 0 Å². The Morgan fingerprint density at radius 2 is 1.13 bits per heavy atom. The van der Waals surface area contributed by atoms with Gasteiger partial charge in [-0.25, -0.2) is 0 Å². The van der Waals surface area contributed by atoms with Crippen molar-refractivity contribution in [2.45, 2.75) is 71.1 Å². The first-order valence-electron chi connectivity index (χ1n) is 18.7. The van der Waals surface area contributed by atoms with Crippen LogP contribution in [0.4, 0.5) is 11.4 Å². The van der Waals surface area contributed by atoms with Gasteiger partial charge in [-0.3, -0.25) is 19.2 Å². The molecule has 13 heteroatoms. The number of nitrogens with zero attached hydrogens (tertiary/aromatic N) is 1. The van der Waals surface area contributed by atoms with E-state index in [-0.39, 0.29) is 58.7 Å². The van der Waals surface area contributed by atoms with Crippen molar-refractivity contribution in [1.29, 1.82) is 0 Å². The summed E-state index contributed by atoms with van der Waals surface area (Å²) < 4.78 is 27.3. The van der Waals surface area contributed by atoms with E-state index in [4.69, 9.17) is 29.4 Å². The predicted molar refractivity (Wildman–Crippen MR) is 209 cm³/mol. The Morgan fingerprint density at radius 3 is 1.56 bits per heavy atom. The molecule has 4 N–H and O–H groups in total. The van der Waals surface area contributed by atoms with E-state index in [9.17, 15) is 29.4 Å². The average molecular weight is 759 g/mol. The van der Waals surface area contributed by atoms with Crippen LogP contribution in [-0.4, -0.2) is 100 Å². The summed E-state index contributed by atoms with van der Waals surface area (Å²) in [6.07, 6.45) is 16.6. The van der Waals surface area contributed by atoms with E-state index in [2.05, 4.69) is 18.1 Å². The Kier molecular flexibility index (Phi) is 27.3. The summed E-state index contributed by atoms with van der Waals surface area (Å²) in [4.78, 5) is 49.6. The van der Waals surface area contributed by atoms with E-state index in [1.54, 1.807) is 12.2 Å². The number of anilines is 2. The molecule has 2 atom stereocenters. The number of ether oxygens (including phenoxy) is 5. The highest BCUT2D eigenvalue weighted by Crippen LogP contribution is 2.20. The number of hydrogen-bond donors (Lipinski definition) is 3.